The van der Waals surface area contributed by atoms with Gasteiger partial charge in [-0.25, -0.2) is 0 Å². The average molecular weight is 757 g/mol. The number of nitrogens with zero attached hydrogens (tertiary/aromatic N) is 4. The molecule has 8 heteroatoms. The first-order valence-electron chi connectivity index (χ1n) is 19.3. The molecular formula is C44H69Cl2N4O2+3. The number of hydrogen-bond donors (Lipinski definition) is 1. The zero-order valence-electron chi connectivity index (χ0n) is 35.3. The largest absolute Gasteiger partial charge is 0.506 e. The van der Waals surface area contributed by atoms with Crippen molar-refractivity contribution in [1.29, 1.82) is 0 Å². The summed E-state index contributed by atoms with van der Waals surface area (Å²) >= 11 is 12.9. The van der Waals surface area contributed by atoms with E-state index >= 15 is 0 Å². The summed E-state index contributed by atoms with van der Waals surface area (Å²) in [5.41, 5.74) is 6.40. The number of allylic oxidation sites excluding steroid dienone is 5. The van der Waals surface area contributed by atoms with Gasteiger partial charge in [-0.2, -0.15) is 4.58 Å². The van der Waals surface area contributed by atoms with E-state index in [1.807, 2.05) is 78.0 Å². The molecule has 0 atom stereocenters. The number of anilines is 1. The Hall–Kier alpha value is -2.90. The van der Waals surface area contributed by atoms with Crippen molar-refractivity contribution in [3.8, 4) is 0 Å². The van der Waals surface area contributed by atoms with Crippen LogP contribution in [0.3, 0.4) is 0 Å². The van der Waals surface area contributed by atoms with E-state index in [-0.39, 0.29) is 11.5 Å². The first kappa shape index (κ1) is 45.3. The normalized spacial score (nSPS) is 18.6. The van der Waals surface area contributed by atoms with Gasteiger partial charge in [0.2, 0.25) is 11.5 Å². The highest BCUT2D eigenvalue weighted by atomic mass is 35.5. The Balaban J connectivity index is 0.00000148. The minimum absolute atomic E-state index is 0.0530. The number of hydrogen-bond acceptors (Lipinski definition) is 3. The second-order valence-electron chi connectivity index (χ2n) is 16.2. The molecule has 0 unspecified atom stereocenters. The molecule has 0 spiro atoms. The zero-order chi connectivity index (χ0) is 40.0. The lowest BCUT2D eigenvalue weighted by molar-refractivity contribution is -0.871. The van der Waals surface area contributed by atoms with Crippen LogP contribution in [0.5, 0.6) is 0 Å². The fourth-order valence-electron chi connectivity index (χ4n) is 7.09. The Morgan fingerprint density at radius 2 is 1.27 bits per heavy atom. The number of carbonyl (C=O) groups is 1. The summed E-state index contributed by atoms with van der Waals surface area (Å²) in [4.78, 5) is 16.2. The maximum Gasteiger partial charge on any atom is 0.209 e. The summed E-state index contributed by atoms with van der Waals surface area (Å²) in [6.07, 6.45) is 5.77. The van der Waals surface area contributed by atoms with Gasteiger partial charge < -0.3 is 19.0 Å². The predicted molar refractivity (Wildman–Crippen MR) is 226 cm³/mol. The first-order chi connectivity index (χ1) is 24.2. The summed E-state index contributed by atoms with van der Waals surface area (Å²) in [7, 11) is 13.2. The van der Waals surface area contributed by atoms with E-state index in [1.165, 1.54) is 0 Å². The number of fused-ring (bicyclic) bond motifs is 2. The van der Waals surface area contributed by atoms with Crippen molar-refractivity contribution in [2.75, 3.05) is 73.4 Å². The van der Waals surface area contributed by atoms with Crippen LogP contribution in [0.2, 0.25) is 10.0 Å². The number of rotatable bonds is 10. The monoisotopic (exact) mass is 755 g/mol. The zero-order valence-corrected chi connectivity index (χ0v) is 36.8. The van der Waals surface area contributed by atoms with E-state index in [1.54, 1.807) is 0 Å². The Morgan fingerprint density at radius 1 is 0.750 bits per heavy atom. The third kappa shape index (κ3) is 9.79. The smallest absolute Gasteiger partial charge is 0.209 e. The highest BCUT2D eigenvalue weighted by molar-refractivity contribution is 6.31. The van der Waals surface area contributed by atoms with Crippen LogP contribution in [0.25, 0.3) is 0 Å². The van der Waals surface area contributed by atoms with Crippen molar-refractivity contribution in [2.45, 2.75) is 92.9 Å². The molecule has 2 aliphatic heterocycles. The molecular weight excluding hydrogens is 687 g/mol. The second kappa shape index (κ2) is 18.0. The molecule has 2 aromatic rings. The molecule has 0 radical (unpaired) electrons. The van der Waals surface area contributed by atoms with E-state index in [4.69, 9.17) is 23.2 Å². The van der Waals surface area contributed by atoms with Crippen molar-refractivity contribution < 1.29 is 23.4 Å². The molecule has 2 heterocycles. The average Bonchev–Trinajstić information content (AvgIpc) is 3.41. The Kier molecular flexibility index (Phi) is 15.6. The highest BCUT2D eigenvalue weighted by Gasteiger charge is 2.47. The molecule has 5 rings (SSSR count). The van der Waals surface area contributed by atoms with Crippen LogP contribution in [-0.2, 0) is 15.6 Å². The van der Waals surface area contributed by atoms with Crippen LogP contribution >= 0.6 is 23.2 Å². The van der Waals surface area contributed by atoms with Crippen LogP contribution in [0.15, 0.2) is 71.2 Å². The van der Waals surface area contributed by atoms with Crippen LogP contribution < -0.4 is 4.90 Å². The van der Waals surface area contributed by atoms with E-state index < -0.39 is 10.8 Å². The first-order valence-corrected chi connectivity index (χ1v) is 20.0. The van der Waals surface area contributed by atoms with Gasteiger partial charge in [-0.3, -0.25) is 4.79 Å². The lowest BCUT2D eigenvalue weighted by atomic mass is 9.77. The molecule has 288 valence electrons. The molecule has 1 aliphatic carbocycles. The summed E-state index contributed by atoms with van der Waals surface area (Å²) in [5, 5.41) is 12.9. The Bertz CT molecular complexity index is 1720. The number of aliphatic hydroxyl groups is 1. The third-order valence-electron chi connectivity index (χ3n) is 9.69. The van der Waals surface area contributed by atoms with Gasteiger partial charge in [0.05, 0.1) is 78.4 Å². The van der Waals surface area contributed by atoms with E-state index in [0.29, 0.717) is 21.2 Å². The molecule has 3 aliphatic rings. The van der Waals surface area contributed by atoms with E-state index in [2.05, 4.69) is 91.6 Å². The van der Waals surface area contributed by atoms with Crippen molar-refractivity contribution in [1.82, 2.24) is 0 Å². The van der Waals surface area contributed by atoms with Gasteiger partial charge in [-0.05, 0) is 55.8 Å². The predicted octanol–water partition coefficient (Wildman–Crippen LogP) is 10.6. The third-order valence-corrected chi connectivity index (χ3v) is 10.2. The van der Waals surface area contributed by atoms with Gasteiger partial charge in [-0.15, -0.1) is 0 Å². The molecule has 0 bridgehead atoms. The van der Waals surface area contributed by atoms with Gasteiger partial charge in [-0.1, -0.05) is 78.6 Å². The van der Waals surface area contributed by atoms with Gasteiger partial charge in [0.25, 0.3) is 0 Å². The number of halogens is 2. The number of quaternary nitrogens is 2. The van der Waals surface area contributed by atoms with Gasteiger partial charge in [0.15, 0.2) is 12.3 Å². The molecule has 0 saturated carbocycles. The SMILES string of the molecule is CC.CC.CC.CC1(C)C(/C=C2\C(=O)C(/C=C3\N(CCC[N+](C)(C)C)c4ccc(Cl)cc4C3(C)C)=C2O)=[N+](CCC[N+](C)(C)C)c2ccc(Cl)cc21. The van der Waals surface area contributed by atoms with Crippen molar-refractivity contribution in [3.05, 3.63) is 92.3 Å². The number of ketones is 1. The van der Waals surface area contributed by atoms with Crippen molar-refractivity contribution >= 4 is 46.1 Å². The summed E-state index contributed by atoms with van der Waals surface area (Å²) in [6.45, 7) is 24.3. The number of benzene rings is 2. The van der Waals surface area contributed by atoms with Crippen molar-refractivity contribution in [3.63, 3.8) is 0 Å². The number of aliphatic hydroxyl groups excluding tert-OH is 1. The van der Waals surface area contributed by atoms with Gasteiger partial charge in [0, 0.05) is 57.5 Å². The van der Waals surface area contributed by atoms with Crippen LogP contribution in [0, 0.1) is 0 Å². The molecule has 6 nitrogen and oxygen atoms in total. The lowest BCUT2D eigenvalue weighted by Crippen LogP contribution is -2.37. The topological polar surface area (TPSA) is 43.6 Å². The van der Waals surface area contributed by atoms with Crippen LogP contribution in [0.1, 0.15) is 93.2 Å². The van der Waals surface area contributed by atoms with E-state index in [9.17, 15) is 9.90 Å². The Morgan fingerprint density at radius 3 is 1.81 bits per heavy atom. The molecule has 0 aromatic heterocycles. The molecule has 0 amide bonds. The molecule has 52 heavy (non-hydrogen) atoms. The lowest BCUT2D eigenvalue weighted by Gasteiger charge is -2.30. The highest BCUT2D eigenvalue weighted by Crippen LogP contribution is 2.50. The fraction of sp³-hybridized carbons (Fsp3) is 0.545. The maximum atomic E-state index is 13.9. The molecule has 1 N–H and O–H groups in total. The Labute approximate surface area is 326 Å². The standard InChI is InChI=1S/C38H50Cl2N4O2.3C2H6/c1-37(2)29-21-25(39)13-15-31(29)41(17-11-19-43(5,6)7)33(37)23-27-35(45)28(36(27)46)24-34-38(3,4)30-22-26(40)14-16-32(30)42(34)18-12-20-44(8,9)10;3*1-2/h13-16,21-24H,11-12,17-20H2,1-10H3;3*1-2H3/q+2;;;/p+1. The molecule has 0 saturated heterocycles. The van der Waals surface area contributed by atoms with Gasteiger partial charge >= 0.3 is 0 Å². The van der Waals surface area contributed by atoms with Gasteiger partial charge in [0.1, 0.15) is 5.76 Å². The summed E-state index contributed by atoms with van der Waals surface area (Å²) < 4.78 is 4.06. The second-order valence-corrected chi connectivity index (χ2v) is 17.0. The maximum absolute atomic E-state index is 13.9. The number of Topliss-reactive ketones (excluding diaryl/α,β-unsaturated/α-hetero) is 1. The van der Waals surface area contributed by atoms with Crippen LogP contribution in [-0.4, -0.2) is 98.6 Å². The molecule has 0 fully saturated rings. The summed E-state index contributed by atoms with van der Waals surface area (Å²) in [5.74, 6) is -0.0816. The van der Waals surface area contributed by atoms with Crippen LogP contribution in [0.4, 0.5) is 11.4 Å². The van der Waals surface area contributed by atoms with E-state index in [0.717, 1.165) is 81.9 Å². The minimum atomic E-state index is -0.394. The number of carbonyl (C=O) groups excluding carboxylic acids is 1. The fourth-order valence-corrected chi connectivity index (χ4v) is 7.43. The summed E-state index contributed by atoms with van der Waals surface area (Å²) in [6, 6.07) is 12.1. The minimum Gasteiger partial charge on any atom is -0.506 e. The van der Waals surface area contributed by atoms with Crippen molar-refractivity contribution in [2.24, 2.45) is 0 Å². The molecule has 2 aromatic carbocycles. The quantitative estimate of drug-likeness (QED) is 0.149.